The number of amides is 3. The normalized spacial score (nSPS) is 11.8. The maximum Gasteiger partial charge on any atom is 0.345 e. The first-order valence-corrected chi connectivity index (χ1v) is 8.97. The number of urea groups is 1. The number of benzene rings is 3. The number of carbonyl (C=O) groups excluding carboxylic acids is 2. The standard InChI is InChI=1S/C23H19N3O2/c1-16-10-12-19(13-11-16)22(27)24-25-23(28)26-20-8-4-2-6-17(20)14-15-18-7-3-5-9-21(18)26/h2-15H,1H3,(H,24,27)(H,25,28). The molecule has 0 saturated carbocycles. The number of fused-ring (bicyclic) bond motifs is 2. The van der Waals surface area contributed by atoms with Crippen molar-refractivity contribution in [2.45, 2.75) is 6.92 Å². The molecule has 5 heteroatoms. The molecular weight excluding hydrogens is 350 g/mol. The highest BCUT2D eigenvalue weighted by atomic mass is 16.2. The van der Waals surface area contributed by atoms with Gasteiger partial charge in [0.05, 0.1) is 11.4 Å². The molecule has 3 aromatic carbocycles. The van der Waals surface area contributed by atoms with Gasteiger partial charge in [-0.1, -0.05) is 66.2 Å². The molecule has 0 bridgehead atoms. The Hall–Kier alpha value is -3.86. The highest BCUT2D eigenvalue weighted by Crippen LogP contribution is 2.35. The van der Waals surface area contributed by atoms with Gasteiger partial charge in [0, 0.05) is 5.56 Å². The summed E-state index contributed by atoms with van der Waals surface area (Å²) in [5, 5.41) is 0. The molecule has 138 valence electrons. The first-order valence-electron chi connectivity index (χ1n) is 8.97. The number of para-hydroxylation sites is 2. The molecule has 0 aliphatic carbocycles. The fraction of sp³-hybridized carbons (Fsp3) is 0.0435. The molecule has 3 amide bonds. The van der Waals surface area contributed by atoms with Gasteiger partial charge in [-0.05, 0) is 42.3 Å². The Labute approximate surface area is 163 Å². The molecule has 28 heavy (non-hydrogen) atoms. The van der Waals surface area contributed by atoms with Crippen LogP contribution < -0.4 is 15.8 Å². The Morgan fingerprint density at radius 3 is 1.82 bits per heavy atom. The van der Waals surface area contributed by atoms with Gasteiger partial charge in [0.15, 0.2) is 0 Å². The summed E-state index contributed by atoms with van der Waals surface area (Å²) in [6, 6.07) is 22.0. The van der Waals surface area contributed by atoms with Gasteiger partial charge in [-0.25, -0.2) is 10.2 Å². The third kappa shape index (κ3) is 3.38. The summed E-state index contributed by atoms with van der Waals surface area (Å²) in [7, 11) is 0. The molecule has 1 aliphatic rings. The molecule has 0 aromatic heterocycles. The first-order chi connectivity index (χ1) is 13.6. The highest BCUT2D eigenvalue weighted by molar-refractivity contribution is 6.06. The van der Waals surface area contributed by atoms with Crippen LogP contribution >= 0.6 is 0 Å². The van der Waals surface area contributed by atoms with Crippen LogP contribution in [0.25, 0.3) is 12.2 Å². The maximum atomic E-state index is 13.0. The fourth-order valence-electron chi connectivity index (χ4n) is 3.14. The predicted octanol–water partition coefficient (Wildman–Crippen LogP) is 4.67. The second-order valence-electron chi connectivity index (χ2n) is 6.54. The zero-order valence-electron chi connectivity index (χ0n) is 15.3. The summed E-state index contributed by atoms with van der Waals surface area (Å²) in [5.74, 6) is -0.372. The van der Waals surface area contributed by atoms with E-state index in [1.165, 1.54) is 0 Å². The van der Waals surface area contributed by atoms with Crippen molar-refractivity contribution in [2.75, 3.05) is 4.90 Å². The Morgan fingerprint density at radius 2 is 1.25 bits per heavy atom. The Balaban J connectivity index is 1.61. The summed E-state index contributed by atoms with van der Waals surface area (Å²) in [6.07, 6.45) is 3.96. The van der Waals surface area contributed by atoms with Crippen LogP contribution in [0.15, 0.2) is 72.8 Å². The molecule has 2 N–H and O–H groups in total. The van der Waals surface area contributed by atoms with Gasteiger partial charge in [-0.15, -0.1) is 0 Å². The van der Waals surface area contributed by atoms with Crippen LogP contribution in [-0.2, 0) is 0 Å². The van der Waals surface area contributed by atoms with Gasteiger partial charge in [0.25, 0.3) is 5.91 Å². The predicted molar refractivity (Wildman–Crippen MR) is 111 cm³/mol. The quantitative estimate of drug-likeness (QED) is 0.612. The fourth-order valence-corrected chi connectivity index (χ4v) is 3.14. The van der Waals surface area contributed by atoms with E-state index in [1.807, 2.05) is 79.7 Å². The topological polar surface area (TPSA) is 61.4 Å². The molecule has 0 fully saturated rings. The molecule has 0 unspecified atom stereocenters. The largest absolute Gasteiger partial charge is 0.345 e. The SMILES string of the molecule is Cc1ccc(C(=O)NNC(=O)N2c3ccccc3C=Cc3ccccc32)cc1. The van der Waals surface area contributed by atoms with Gasteiger partial charge < -0.3 is 0 Å². The van der Waals surface area contributed by atoms with Crippen molar-refractivity contribution >= 4 is 35.5 Å². The van der Waals surface area contributed by atoms with Gasteiger partial charge in [-0.3, -0.25) is 15.1 Å². The average Bonchev–Trinajstić information content (AvgIpc) is 2.89. The number of hydrogen-bond donors (Lipinski definition) is 2. The van der Waals surface area contributed by atoms with Gasteiger partial charge in [0.2, 0.25) is 0 Å². The molecule has 4 rings (SSSR count). The number of aryl methyl sites for hydroxylation is 1. The van der Waals surface area contributed by atoms with Crippen molar-refractivity contribution in [1.29, 1.82) is 0 Å². The lowest BCUT2D eigenvalue weighted by Crippen LogP contribution is -2.47. The highest BCUT2D eigenvalue weighted by Gasteiger charge is 2.24. The van der Waals surface area contributed by atoms with Crippen LogP contribution in [0.2, 0.25) is 0 Å². The number of anilines is 2. The number of nitrogens with zero attached hydrogens (tertiary/aromatic N) is 1. The smallest absolute Gasteiger partial charge is 0.267 e. The van der Waals surface area contributed by atoms with Crippen LogP contribution in [0, 0.1) is 6.92 Å². The maximum absolute atomic E-state index is 13.0. The van der Waals surface area contributed by atoms with Gasteiger partial charge in [-0.2, -0.15) is 0 Å². The number of carbonyl (C=O) groups is 2. The summed E-state index contributed by atoms with van der Waals surface area (Å²) < 4.78 is 0. The van der Waals surface area contributed by atoms with Crippen molar-refractivity contribution in [1.82, 2.24) is 10.9 Å². The summed E-state index contributed by atoms with van der Waals surface area (Å²) in [5.41, 5.74) is 9.88. The Kier molecular flexibility index (Phi) is 4.64. The Bertz CT molecular complexity index is 1020. The van der Waals surface area contributed by atoms with E-state index < -0.39 is 6.03 Å². The zero-order chi connectivity index (χ0) is 19.5. The summed E-state index contributed by atoms with van der Waals surface area (Å²) in [6.45, 7) is 1.95. The van der Waals surface area contributed by atoms with Crippen LogP contribution in [0.3, 0.4) is 0 Å². The van der Waals surface area contributed by atoms with Gasteiger partial charge >= 0.3 is 6.03 Å². The molecule has 0 radical (unpaired) electrons. The summed E-state index contributed by atoms with van der Waals surface area (Å²) >= 11 is 0. The number of hydrazine groups is 1. The minimum atomic E-state index is -0.441. The number of hydrogen-bond acceptors (Lipinski definition) is 2. The van der Waals surface area contributed by atoms with Crippen molar-refractivity contribution in [3.63, 3.8) is 0 Å². The zero-order valence-corrected chi connectivity index (χ0v) is 15.3. The van der Waals surface area contributed by atoms with E-state index in [2.05, 4.69) is 10.9 Å². The third-order valence-electron chi connectivity index (χ3n) is 4.60. The van der Waals surface area contributed by atoms with E-state index >= 15 is 0 Å². The monoisotopic (exact) mass is 369 g/mol. The molecule has 0 spiro atoms. The van der Waals surface area contributed by atoms with E-state index in [4.69, 9.17) is 0 Å². The number of rotatable bonds is 1. The first kappa shape index (κ1) is 17.5. The molecule has 0 atom stereocenters. The van der Waals surface area contributed by atoms with Crippen molar-refractivity contribution in [3.8, 4) is 0 Å². The van der Waals surface area contributed by atoms with E-state index in [9.17, 15) is 9.59 Å². The molecule has 0 saturated heterocycles. The second kappa shape index (κ2) is 7.40. The minimum absolute atomic E-state index is 0.372. The molecule has 3 aromatic rings. The van der Waals surface area contributed by atoms with E-state index in [0.717, 1.165) is 28.1 Å². The van der Waals surface area contributed by atoms with Crippen LogP contribution in [0.1, 0.15) is 27.0 Å². The van der Waals surface area contributed by atoms with Crippen LogP contribution in [0.5, 0.6) is 0 Å². The van der Waals surface area contributed by atoms with Crippen molar-refractivity contribution in [3.05, 3.63) is 95.1 Å². The second-order valence-corrected chi connectivity index (χ2v) is 6.54. The average molecular weight is 369 g/mol. The third-order valence-corrected chi connectivity index (χ3v) is 4.60. The lowest BCUT2D eigenvalue weighted by molar-refractivity contribution is 0.0937. The Morgan fingerprint density at radius 1 is 0.714 bits per heavy atom. The molecular formula is C23H19N3O2. The number of nitrogens with one attached hydrogen (secondary N) is 2. The minimum Gasteiger partial charge on any atom is -0.267 e. The van der Waals surface area contributed by atoms with Gasteiger partial charge in [0.1, 0.15) is 0 Å². The lowest BCUT2D eigenvalue weighted by Gasteiger charge is -2.25. The molecule has 1 aliphatic heterocycles. The lowest BCUT2D eigenvalue weighted by atomic mass is 10.1. The molecule has 5 nitrogen and oxygen atoms in total. The summed E-state index contributed by atoms with van der Waals surface area (Å²) in [4.78, 5) is 27.0. The van der Waals surface area contributed by atoms with Crippen LogP contribution in [0.4, 0.5) is 16.2 Å². The molecule has 1 heterocycles. The van der Waals surface area contributed by atoms with E-state index in [1.54, 1.807) is 17.0 Å². The van der Waals surface area contributed by atoms with E-state index in [-0.39, 0.29) is 5.91 Å². The van der Waals surface area contributed by atoms with Crippen molar-refractivity contribution < 1.29 is 9.59 Å². The van der Waals surface area contributed by atoms with E-state index in [0.29, 0.717) is 5.56 Å². The van der Waals surface area contributed by atoms with Crippen LogP contribution in [-0.4, -0.2) is 11.9 Å². The van der Waals surface area contributed by atoms with Crippen molar-refractivity contribution in [2.24, 2.45) is 0 Å².